The topological polar surface area (TPSA) is 83.5 Å². The number of pyridine rings is 1. The highest BCUT2D eigenvalue weighted by Gasteiger charge is 2.17. The van der Waals surface area contributed by atoms with Crippen molar-refractivity contribution in [3.05, 3.63) is 75.3 Å². The van der Waals surface area contributed by atoms with E-state index >= 15 is 0 Å². The van der Waals surface area contributed by atoms with Crippen LogP contribution in [0.3, 0.4) is 0 Å². The fourth-order valence-electron chi connectivity index (χ4n) is 3.69. The summed E-state index contributed by atoms with van der Waals surface area (Å²) in [4.78, 5) is 22.1. The number of ether oxygens (including phenoxy) is 2. The normalized spacial score (nSPS) is 13.1. The third-order valence-corrected chi connectivity index (χ3v) is 6.03. The van der Waals surface area contributed by atoms with Crippen molar-refractivity contribution in [3.8, 4) is 28.6 Å². The Hall–Kier alpha value is -3.62. The summed E-state index contributed by atoms with van der Waals surface area (Å²) in [5, 5.41) is 5.62. The third kappa shape index (κ3) is 2.91. The SMILES string of the molecule is O=c1c2cnc3nc(-c4ccc5c(c4)OCCO5)nn3c2ccn1-c1cccc(Cl)c1Cl. The Labute approximate surface area is 190 Å². The van der Waals surface area contributed by atoms with Gasteiger partial charge in [-0.3, -0.25) is 9.36 Å². The summed E-state index contributed by atoms with van der Waals surface area (Å²) < 4.78 is 14.2. The molecule has 0 unspecified atom stereocenters. The van der Waals surface area contributed by atoms with Crippen LogP contribution < -0.4 is 15.0 Å². The van der Waals surface area contributed by atoms with E-state index in [9.17, 15) is 4.79 Å². The van der Waals surface area contributed by atoms with Gasteiger partial charge in [0.1, 0.15) is 13.2 Å². The molecule has 4 heterocycles. The van der Waals surface area contributed by atoms with Gasteiger partial charge >= 0.3 is 0 Å². The fourth-order valence-corrected chi connectivity index (χ4v) is 4.08. The van der Waals surface area contributed by atoms with Crippen molar-refractivity contribution >= 4 is 39.9 Å². The Balaban J connectivity index is 1.51. The molecule has 8 nitrogen and oxygen atoms in total. The summed E-state index contributed by atoms with van der Waals surface area (Å²) in [6, 6.07) is 12.4. The van der Waals surface area contributed by atoms with Gasteiger partial charge in [0.15, 0.2) is 17.3 Å². The molecule has 0 aliphatic carbocycles. The minimum Gasteiger partial charge on any atom is -0.486 e. The lowest BCUT2D eigenvalue weighted by atomic mass is 10.2. The lowest BCUT2D eigenvalue weighted by molar-refractivity contribution is 0.171. The van der Waals surface area contributed by atoms with Crippen LogP contribution in [0.25, 0.3) is 33.8 Å². The second-order valence-electron chi connectivity index (χ2n) is 7.13. The first kappa shape index (κ1) is 19.1. The Morgan fingerprint density at radius 1 is 1.00 bits per heavy atom. The number of rotatable bonds is 2. The molecule has 10 heteroatoms. The van der Waals surface area contributed by atoms with Gasteiger partial charge in [0.25, 0.3) is 11.3 Å². The van der Waals surface area contributed by atoms with Crippen LogP contribution in [0.2, 0.25) is 10.0 Å². The molecule has 158 valence electrons. The zero-order chi connectivity index (χ0) is 21.8. The molecule has 0 saturated carbocycles. The number of nitrogens with zero attached hydrogens (tertiary/aromatic N) is 5. The monoisotopic (exact) mass is 465 g/mol. The standard InChI is InChI=1S/C22H13Cl2N5O3/c23-14-2-1-3-16(19(14)24)28-7-6-15-13(21(28)30)11-25-22-26-20(27-29(15)22)12-4-5-17-18(10-12)32-9-8-31-17/h1-7,10-11H,8-9H2. The van der Waals surface area contributed by atoms with Crippen molar-refractivity contribution in [2.45, 2.75) is 0 Å². The molecule has 0 bridgehead atoms. The quantitative estimate of drug-likeness (QED) is 0.388. The zero-order valence-electron chi connectivity index (χ0n) is 16.3. The molecule has 5 aromatic rings. The number of benzene rings is 2. The van der Waals surface area contributed by atoms with E-state index < -0.39 is 0 Å². The molecule has 0 radical (unpaired) electrons. The molecule has 0 fully saturated rings. The Kier molecular flexibility index (Phi) is 4.31. The second-order valence-corrected chi connectivity index (χ2v) is 7.91. The summed E-state index contributed by atoms with van der Waals surface area (Å²) in [7, 11) is 0. The molecule has 3 aromatic heterocycles. The van der Waals surface area contributed by atoms with Crippen LogP contribution in [0.5, 0.6) is 11.5 Å². The largest absolute Gasteiger partial charge is 0.486 e. The first-order valence-corrected chi connectivity index (χ1v) is 10.5. The predicted molar refractivity (Wildman–Crippen MR) is 120 cm³/mol. The van der Waals surface area contributed by atoms with Crippen molar-refractivity contribution < 1.29 is 9.47 Å². The lowest BCUT2D eigenvalue weighted by Gasteiger charge is -2.18. The van der Waals surface area contributed by atoms with Crippen LogP contribution in [0.4, 0.5) is 0 Å². The molecule has 1 aliphatic heterocycles. The maximum Gasteiger partial charge on any atom is 0.266 e. The number of halogens is 2. The van der Waals surface area contributed by atoms with E-state index in [1.165, 1.54) is 10.8 Å². The first-order valence-electron chi connectivity index (χ1n) is 9.72. The number of hydrogen-bond donors (Lipinski definition) is 0. The average molecular weight is 466 g/mol. The van der Waals surface area contributed by atoms with Crippen molar-refractivity contribution in [3.63, 3.8) is 0 Å². The maximum atomic E-state index is 13.2. The van der Waals surface area contributed by atoms with E-state index in [0.717, 1.165) is 5.56 Å². The highest BCUT2D eigenvalue weighted by atomic mass is 35.5. The van der Waals surface area contributed by atoms with E-state index in [1.807, 2.05) is 18.2 Å². The molecule has 1 aliphatic rings. The molecule has 0 amide bonds. The smallest absolute Gasteiger partial charge is 0.266 e. The predicted octanol–water partition coefficient (Wildman–Crippen LogP) is 4.17. The van der Waals surface area contributed by atoms with Crippen molar-refractivity contribution in [2.24, 2.45) is 0 Å². The van der Waals surface area contributed by atoms with Gasteiger partial charge in [0.2, 0.25) is 0 Å². The van der Waals surface area contributed by atoms with E-state index in [0.29, 0.717) is 63.0 Å². The number of fused-ring (bicyclic) bond motifs is 4. The average Bonchev–Trinajstić information content (AvgIpc) is 3.26. The number of aromatic nitrogens is 5. The summed E-state index contributed by atoms with van der Waals surface area (Å²) in [6.45, 7) is 1.01. The highest BCUT2D eigenvalue weighted by molar-refractivity contribution is 6.43. The van der Waals surface area contributed by atoms with E-state index in [1.54, 1.807) is 35.0 Å². The van der Waals surface area contributed by atoms with E-state index in [2.05, 4.69) is 15.1 Å². The summed E-state index contributed by atoms with van der Waals surface area (Å²) in [5.41, 5.74) is 1.52. The minimum atomic E-state index is -0.294. The van der Waals surface area contributed by atoms with Crippen LogP contribution in [-0.4, -0.2) is 37.4 Å². The van der Waals surface area contributed by atoms with Gasteiger partial charge in [-0.15, -0.1) is 5.10 Å². The van der Waals surface area contributed by atoms with Crippen LogP contribution in [-0.2, 0) is 0 Å². The molecule has 0 N–H and O–H groups in total. The van der Waals surface area contributed by atoms with Crippen molar-refractivity contribution in [1.82, 2.24) is 24.1 Å². The summed E-state index contributed by atoms with van der Waals surface area (Å²) in [5.74, 6) is 2.17. The maximum absolute atomic E-state index is 13.2. The Morgan fingerprint density at radius 3 is 2.72 bits per heavy atom. The van der Waals surface area contributed by atoms with Gasteiger partial charge in [0, 0.05) is 18.0 Å². The van der Waals surface area contributed by atoms with E-state index in [4.69, 9.17) is 32.7 Å². The number of hydrogen-bond acceptors (Lipinski definition) is 6. The molecular weight excluding hydrogens is 453 g/mol. The van der Waals surface area contributed by atoms with Gasteiger partial charge < -0.3 is 9.47 Å². The molecule has 2 aromatic carbocycles. The van der Waals surface area contributed by atoms with Crippen molar-refractivity contribution in [2.75, 3.05) is 13.2 Å². The van der Waals surface area contributed by atoms with Gasteiger partial charge in [-0.2, -0.15) is 9.50 Å². The van der Waals surface area contributed by atoms with E-state index in [-0.39, 0.29) is 5.56 Å². The molecule has 0 saturated heterocycles. The molecule has 32 heavy (non-hydrogen) atoms. The zero-order valence-corrected chi connectivity index (χ0v) is 17.8. The van der Waals surface area contributed by atoms with Gasteiger partial charge in [-0.05, 0) is 36.4 Å². The van der Waals surface area contributed by atoms with Gasteiger partial charge in [-0.25, -0.2) is 4.98 Å². The van der Waals surface area contributed by atoms with Crippen LogP contribution in [0.1, 0.15) is 0 Å². The van der Waals surface area contributed by atoms with Gasteiger partial charge in [0.05, 0.1) is 26.6 Å². The Morgan fingerprint density at radius 2 is 1.84 bits per heavy atom. The molecule has 0 spiro atoms. The summed E-state index contributed by atoms with van der Waals surface area (Å²) in [6.07, 6.45) is 3.12. The molecule has 0 atom stereocenters. The van der Waals surface area contributed by atoms with Gasteiger partial charge in [-0.1, -0.05) is 29.3 Å². The first-order chi connectivity index (χ1) is 15.6. The third-order valence-electron chi connectivity index (χ3n) is 5.23. The highest BCUT2D eigenvalue weighted by Crippen LogP contribution is 2.34. The van der Waals surface area contributed by atoms with Crippen LogP contribution in [0, 0.1) is 0 Å². The van der Waals surface area contributed by atoms with Crippen molar-refractivity contribution in [1.29, 1.82) is 0 Å². The fraction of sp³-hybridized carbons (Fsp3) is 0.0909. The lowest BCUT2D eigenvalue weighted by Crippen LogP contribution is -2.19. The second kappa shape index (κ2) is 7.22. The molecular formula is C22H13Cl2N5O3. The Bertz CT molecular complexity index is 1590. The molecule has 6 rings (SSSR count). The van der Waals surface area contributed by atoms with Crippen LogP contribution in [0.15, 0.2) is 59.7 Å². The summed E-state index contributed by atoms with van der Waals surface area (Å²) >= 11 is 12.4. The minimum absolute atomic E-state index is 0.294. The van der Waals surface area contributed by atoms with Crippen LogP contribution >= 0.6 is 23.2 Å².